The first kappa shape index (κ1) is 20.3. The van der Waals surface area contributed by atoms with Crippen LogP contribution in [-0.4, -0.2) is 40.0 Å². The summed E-state index contributed by atoms with van der Waals surface area (Å²) in [6.07, 6.45) is 3.76. The zero-order valence-electron chi connectivity index (χ0n) is 15.0. The SMILES string of the molecule is COC(CO)CCOS(=O)(=O)c1ccc(/C=C/c2ccc(C)cc2)cc1. The molecule has 1 unspecified atom stereocenters. The lowest BCUT2D eigenvalue weighted by molar-refractivity contribution is 0.0346. The third-order valence-electron chi connectivity index (χ3n) is 3.93. The molecule has 2 aromatic carbocycles. The topological polar surface area (TPSA) is 72.8 Å². The Labute approximate surface area is 155 Å². The van der Waals surface area contributed by atoms with E-state index in [4.69, 9.17) is 14.0 Å². The van der Waals surface area contributed by atoms with Crippen LogP contribution in [0, 0.1) is 6.92 Å². The minimum atomic E-state index is -3.82. The lowest BCUT2D eigenvalue weighted by Gasteiger charge is -2.12. The van der Waals surface area contributed by atoms with Crippen LogP contribution >= 0.6 is 0 Å². The zero-order chi connectivity index (χ0) is 19.0. The number of aliphatic hydroxyl groups excluding tert-OH is 1. The fourth-order valence-corrected chi connectivity index (χ4v) is 3.18. The van der Waals surface area contributed by atoms with Gasteiger partial charge in [-0.1, -0.05) is 54.1 Å². The first-order valence-electron chi connectivity index (χ1n) is 8.32. The summed E-state index contributed by atoms with van der Waals surface area (Å²) in [6, 6.07) is 14.6. The first-order valence-corrected chi connectivity index (χ1v) is 9.73. The molecule has 0 aliphatic rings. The van der Waals surface area contributed by atoms with Gasteiger partial charge in [0.25, 0.3) is 10.1 Å². The number of ether oxygens (including phenoxy) is 1. The van der Waals surface area contributed by atoms with E-state index in [1.54, 1.807) is 12.1 Å². The van der Waals surface area contributed by atoms with Gasteiger partial charge in [-0.15, -0.1) is 0 Å². The Morgan fingerprint density at radius 1 is 1.00 bits per heavy atom. The van der Waals surface area contributed by atoms with Crippen LogP contribution in [0.1, 0.15) is 23.1 Å². The van der Waals surface area contributed by atoms with Gasteiger partial charge in [0.2, 0.25) is 0 Å². The smallest absolute Gasteiger partial charge is 0.296 e. The molecule has 2 aromatic rings. The molecule has 0 saturated heterocycles. The number of methoxy groups -OCH3 is 1. The molecule has 0 fully saturated rings. The van der Waals surface area contributed by atoms with Crippen molar-refractivity contribution in [2.45, 2.75) is 24.3 Å². The zero-order valence-corrected chi connectivity index (χ0v) is 15.8. The van der Waals surface area contributed by atoms with Gasteiger partial charge < -0.3 is 9.84 Å². The quantitative estimate of drug-likeness (QED) is 0.537. The van der Waals surface area contributed by atoms with E-state index in [1.165, 1.54) is 24.8 Å². The maximum Gasteiger partial charge on any atom is 0.296 e. The van der Waals surface area contributed by atoms with Gasteiger partial charge >= 0.3 is 0 Å². The molecule has 0 aromatic heterocycles. The molecule has 1 atom stereocenters. The van der Waals surface area contributed by atoms with E-state index < -0.39 is 16.2 Å². The van der Waals surface area contributed by atoms with Crippen molar-refractivity contribution in [3.8, 4) is 0 Å². The molecule has 2 rings (SSSR count). The molecule has 0 aliphatic heterocycles. The Hall–Kier alpha value is -1.99. The van der Waals surface area contributed by atoms with Crippen molar-refractivity contribution < 1.29 is 22.4 Å². The van der Waals surface area contributed by atoms with Gasteiger partial charge in [-0.2, -0.15) is 8.42 Å². The van der Waals surface area contributed by atoms with Crippen molar-refractivity contribution in [3.63, 3.8) is 0 Å². The number of benzene rings is 2. The minimum absolute atomic E-state index is 0.0452. The number of aliphatic hydroxyl groups is 1. The third-order valence-corrected chi connectivity index (χ3v) is 5.26. The molecule has 0 amide bonds. The molecule has 140 valence electrons. The van der Waals surface area contributed by atoms with Gasteiger partial charge in [-0.25, -0.2) is 0 Å². The molecule has 0 spiro atoms. The van der Waals surface area contributed by atoms with Gasteiger partial charge in [0.1, 0.15) is 0 Å². The van der Waals surface area contributed by atoms with Crippen LogP contribution in [0.5, 0.6) is 0 Å². The van der Waals surface area contributed by atoms with Crippen molar-refractivity contribution in [2.24, 2.45) is 0 Å². The van der Waals surface area contributed by atoms with Crippen molar-refractivity contribution in [3.05, 3.63) is 65.2 Å². The summed E-state index contributed by atoms with van der Waals surface area (Å²) in [7, 11) is -2.37. The number of hydrogen-bond acceptors (Lipinski definition) is 5. The number of rotatable bonds is 9. The second kappa shape index (κ2) is 9.64. The summed E-state index contributed by atoms with van der Waals surface area (Å²) in [5.41, 5.74) is 3.17. The highest BCUT2D eigenvalue weighted by Crippen LogP contribution is 2.16. The summed E-state index contributed by atoms with van der Waals surface area (Å²) in [5, 5.41) is 9.01. The number of hydrogen-bond donors (Lipinski definition) is 1. The van der Waals surface area contributed by atoms with Gasteiger partial charge in [-0.05, 0) is 30.2 Å². The second-order valence-electron chi connectivity index (χ2n) is 5.92. The maximum atomic E-state index is 12.2. The van der Waals surface area contributed by atoms with Gasteiger partial charge in [0.15, 0.2) is 0 Å². The highest BCUT2D eigenvalue weighted by molar-refractivity contribution is 7.86. The monoisotopic (exact) mass is 376 g/mol. The Morgan fingerprint density at radius 3 is 2.04 bits per heavy atom. The van der Waals surface area contributed by atoms with E-state index in [2.05, 4.69) is 0 Å². The highest BCUT2D eigenvalue weighted by Gasteiger charge is 2.16. The minimum Gasteiger partial charge on any atom is -0.394 e. The molecule has 0 heterocycles. The fraction of sp³-hybridized carbons (Fsp3) is 0.300. The van der Waals surface area contributed by atoms with Gasteiger partial charge in [0.05, 0.1) is 24.2 Å². The van der Waals surface area contributed by atoms with E-state index in [0.29, 0.717) is 6.42 Å². The average Bonchev–Trinajstić information content (AvgIpc) is 2.65. The van der Waals surface area contributed by atoms with Gasteiger partial charge in [0, 0.05) is 13.5 Å². The molecule has 5 nitrogen and oxygen atoms in total. The van der Waals surface area contributed by atoms with Crippen LogP contribution in [0.25, 0.3) is 12.2 Å². The molecule has 0 aliphatic carbocycles. The molecule has 26 heavy (non-hydrogen) atoms. The fourth-order valence-electron chi connectivity index (χ4n) is 2.26. The first-order chi connectivity index (χ1) is 12.4. The standard InChI is InChI=1S/C20H24O5S/c1-16-3-5-17(6-4-16)7-8-18-9-11-20(12-10-18)26(22,23)25-14-13-19(15-21)24-2/h3-12,19,21H,13-15H2,1-2H3/b8-7+. The Morgan fingerprint density at radius 2 is 1.54 bits per heavy atom. The molecular weight excluding hydrogens is 352 g/mol. The Balaban J connectivity index is 1.98. The molecule has 6 heteroatoms. The van der Waals surface area contributed by atoms with E-state index in [-0.39, 0.29) is 18.1 Å². The molecule has 0 radical (unpaired) electrons. The average molecular weight is 376 g/mol. The normalized spacial score (nSPS) is 13.2. The van der Waals surface area contributed by atoms with E-state index >= 15 is 0 Å². The molecule has 0 saturated carbocycles. The number of aryl methyl sites for hydroxylation is 1. The van der Waals surface area contributed by atoms with Crippen LogP contribution in [0.4, 0.5) is 0 Å². The van der Waals surface area contributed by atoms with Gasteiger partial charge in [-0.3, -0.25) is 4.18 Å². The van der Waals surface area contributed by atoms with Crippen LogP contribution in [-0.2, 0) is 19.0 Å². The van der Waals surface area contributed by atoms with E-state index in [9.17, 15) is 8.42 Å². The summed E-state index contributed by atoms with van der Waals surface area (Å²) >= 11 is 0. The largest absolute Gasteiger partial charge is 0.394 e. The van der Waals surface area contributed by atoms with Crippen LogP contribution in [0.3, 0.4) is 0 Å². The van der Waals surface area contributed by atoms with Crippen LogP contribution < -0.4 is 0 Å². The van der Waals surface area contributed by atoms with Crippen molar-refractivity contribution in [1.29, 1.82) is 0 Å². The van der Waals surface area contributed by atoms with Crippen LogP contribution in [0.2, 0.25) is 0 Å². The summed E-state index contributed by atoms with van der Waals surface area (Å²) in [6.45, 7) is 1.81. The lowest BCUT2D eigenvalue weighted by atomic mass is 10.1. The van der Waals surface area contributed by atoms with Crippen molar-refractivity contribution in [1.82, 2.24) is 0 Å². The second-order valence-corrected chi connectivity index (χ2v) is 7.53. The van der Waals surface area contributed by atoms with Crippen molar-refractivity contribution >= 4 is 22.3 Å². The maximum absolute atomic E-state index is 12.2. The van der Waals surface area contributed by atoms with Crippen molar-refractivity contribution in [2.75, 3.05) is 20.3 Å². The predicted octanol–water partition coefficient (Wildman–Crippen LogP) is 3.27. The highest BCUT2D eigenvalue weighted by atomic mass is 32.2. The van der Waals surface area contributed by atoms with E-state index in [1.807, 2.05) is 43.3 Å². The van der Waals surface area contributed by atoms with Crippen LogP contribution in [0.15, 0.2) is 53.4 Å². The summed E-state index contributed by atoms with van der Waals surface area (Å²) in [5.74, 6) is 0. The Bertz CT molecular complexity index is 804. The molecule has 1 N–H and O–H groups in total. The molecule has 0 bridgehead atoms. The summed E-state index contributed by atoms with van der Waals surface area (Å²) in [4.78, 5) is 0.1000. The lowest BCUT2D eigenvalue weighted by Crippen LogP contribution is -2.19. The summed E-state index contributed by atoms with van der Waals surface area (Å²) < 4.78 is 34.3. The third kappa shape index (κ3) is 6.07. The van der Waals surface area contributed by atoms with E-state index in [0.717, 1.165) is 11.1 Å². The predicted molar refractivity (Wildman–Crippen MR) is 102 cm³/mol. The molecular formula is C20H24O5S. The Kier molecular flexibility index (Phi) is 7.53.